The number of aromatic nitrogens is 1. The molecule has 6 heteroatoms. The maximum absolute atomic E-state index is 12.5. The molecule has 0 aliphatic heterocycles. The number of para-hydroxylation sites is 2. The van der Waals surface area contributed by atoms with E-state index in [4.69, 9.17) is 13.9 Å². The Bertz CT molecular complexity index is 1150. The summed E-state index contributed by atoms with van der Waals surface area (Å²) in [6.07, 6.45) is 2.33. The van der Waals surface area contributed by atoms with Gasteiger partial charge in [-0.25, -0.2) is 4.98 Å². The Hall–Kier alpha value is -4.06. The predicted molar refractivity (Wildman–Crippen MR) is 123 cm³/mol. The molecular weight excluding hydrogens is 404 g/mol. The Morgan fingerprint density at radius 3 is 2.44 bits per heavy atom. The van der Waals surface area contributed by atoms with Gasteiger partial charge in [0.25, 0.3) is 0 Å². The van der Waals surface area contributed by atoms with E-state index in [1.54, 1.807) is 12.3 Å². The summed E-state index contributed by atoms with van der Waals surface area (Å²) >= 11 is 0. The van der Waals surface area contributed by atoms with E-state index >= 15 is 0 Å². The fourth-order valence-electron chi connectivity index (χ4n) is 3.15. The molecule has 0 unspecified atom stereocenters. The molecule has 0 atom stereocenters. The highest BCUT2D eigenvalue weighted by Gasteiger charge is 2.12. The number of hydrogen-bond donors (Lipinski definition) is 1. The molecule has 0 bridgehead atoms. The van der Waals surface area contributed by atoms with Crippen LogP contribution in [-0.2, 0) is 11.2 Å². The molecule has 0 spiro atoms. The number of anilines is 1. The second kappa shape index (κ2) is 10.3. The molecule has 0 aliphatic carbocycles. The van der Waals surface area contributed by atoms with Crippen LogP contribution >= 0.6 is 0 Å². The lowest BCUT2D eigenvalue weighted by atomic mass is 10.2. The Kier molecular flexibility index (Phi) is 6.82. The van der Waals surface area contributed by atoms with Crippen LogP contribution in [0.25, 0.3) is 11.3 Å². The van der Waals surface area contributed by atoms with Gasteiger partial charge in [0.1, 0.15) is 11.5 Å². The minimum absolute atomic E-state index is 0.146. The van der Waals surface area contributed by atoms with Gasteiger partial charge in [0.05, 0.1) is 18.5 Å². The van der Waals surface area contributed by atoms with Crippen molar-refractivity contribution in [3.63, 3.8) is 0 Å². The first kappa shape index (κ1) is 21.2. The van der Waals surface area contributed by atoms with Crippen LogP contribution in [0.2, 0.25) is 0 Å². The van der Waals surface area contributed by atoms with Gasteiger partial charge in [0, 0.05) is 18.4 Å². The number of amides is 1. The lowest BCUT2D eigenvalue weighted by molar-refractivity contribution is -0.116. The van der Waals surface area contributed by atoms with Crippen LogP contribution in [0.3, 0.4) is 0 Å². The van der Waals surface area contributed by atoms with Crippen molar-refractivity contribution in [1.82, 2.24) is 4.98 Å². The number of carbonyl (C=O) groups excluding carboxylic acids is 1. The number of aryl methyl sites for hydroxylation is 1. The lowest BCUT2D eigenvalue weighted by Crippen LogP contribution is -2.13. The minimum atomic E-state index is -0.146. The van der Waals surface area contributed by atoms with Crippen LogP contribution in [0.1, 0.15) is 19.2 Å². The van der Waals surface area contributed by atoms with Crippen molar-refractivity contribution < 1.29 is 18.7 Å². The quantitative estimate of drug-likeness (QED) is 0.348. The summed E-state index contributed by atoms with van der Waals surface area (Å²) in [4.78, 5) is 16.8. The van der Waals surface area contributed by atoms with E-state index in [2.05, 4.69) is 10.3 Å². The van der Waals surface area contributed by atoms with Crippen LogP contribution in [0.15, 0.2) is 89.5 Å². The zero-order valence-electron chi connectivity index (χ0n) is 17.8. The van der Waals surface area contributed by atoms with Gasteiger partial charge >= 0.3 is 0 Å². The first-order valence-electron chi connectivity index (χ1n) is 10.5. The molecule has 162 valence electrons. The molecule has 6 nitrogen and oxygen atoms in total. The second-order valence-electron chi connectivity index (χ2n) is 7.04. The number of hydrogen-bond acceptors (Lipinski definition) is 5. The van der Waals surface area contributed by atoms with Crippen LogP contribution in [0, 0.1) is 0 Å². The van der Waals surface area contributed by atoms with Crippen LogP contribution in [0.4, 0.5) is 5.69 Å². The topological polar surface area (TPSA) is 73.6 Å². The molecule has 0 saturated heterocycles. The molecule has 3 aromatic carbocycles. The fourth-order valence-corrected chi connectivity index (χ4v) is 3.15. The average molecular weight is 428 g/mol. The fraction of sp³-hybridized carbons (Fsp3) is 0.154. The largest absolute Gasteiger partial charge is 0.494 e. The molecule has 0 radical (unpaired) electrons. The molecule has 1 amide bonds. The number of nitrogens with zero attached hydrogens (tertiary/aromatic N) is 1. The highest BCUT2D eigenvalue weighted by atomic mass is 16.5. The number of oxazole rings is 1. The van der Waals surface area contributed by atoms with Crippen LogP contribution in [0.5, 0.6) is 17.2 Å². The third-order valence-electron chi connectivity index (χ3n) is 4.70. The van der Waals surface area contributed by atoms with E-state index in [1.807, 2.05) is 79.7 Å². The van der Waals surface area contributed by atoms with E-state index in [9.17, 15) is 4.79 Å². The molecule has 4 rings (SSSR count). The summed E-state index contributed by atoms with van der Waals surface area (Å²) in [7, 11) is 0. The monoisotopic (exact) mass is 428 g/mol. The minimum Gasteiger partial charge on any atom is -0.494 e. The van der Waals surface area contributed by atoms with Crippen molar-refractivity contribution in [2.24, 2.45) is 0 Å². The number of ether oxygens (including phenoxy) is 2. The number of benzene rings is 3. The van der Waals surface area contributed by atoms with Crippen molar-refractivity contribution in [3.05, 3.63) is 91.0 Å². The van der Waals surface area contributed by atoms with E-state index in [-0.39, 0.29) is 12.3 Å². The van der Waals surface area contributed by atoms with Gasteiger partial charge in [-0.05, 0) is 43.3 Å². The molecule has 0 aliphatic rings. The van der Waals surface area contributed by atoms with E-state index < -0.39 is 0 Å². The summed E-state index contributed by atoms with van der Waals surface area (Å²) in [5, 5.41) is 2.91. The van der Waals surface area contributed by atoms with Crippen LogP contribution in [-0.4, -0.2) is 17.5 Å². The molecular formula is C26H24N2O4. The first-order valence-corrected chi connectivity index (χ1v) is 10.5. The summed E-state index contributed by atoms with van der Waals surface area (Å²) in [5.74, 6) is 3.07. The smallest absolute Gasteiger partial charge is 0.224 e. The summed E-state index contributed by atoms with van der Waals surface area (Å²) < 4.78 is 17.2. The maximum Gasteiger partial charge on any atom is 0.224 e. The average Bonchev–Trinajstić information content (AvgIpc) is 3.30. The third kappa shape index (κ3) is 5.55. The molecule has 1 aromatic heterocycles. The third-order valence-corrected chi connectivity index (χ3v) is 4.70. The Morgan fingerprint density at radius 1 is 0.938 bits per heavy atom. The number of nitrogens with one attached hydrogen (secondary N) is 1. The summed E-state index contributed by atoms with van der Waals surface area (Å²) in [5.41, 5.74) is 1.56. The second-order valence-corrected chi connectivity index (χ2v) is 7.04. The molecule has 1 N–H and O–H groups in total. The zero-order chi connectivity index (χ0) is 22.2. The van der Waals surface area contributed by atoms with Crippen molar-refractivity contribution in [2.75, 3.05) is 11.9 Å². The Morgan fingerprint density at radius 2 is 1.66 bits per heavy atom. The van der Waals surface area contributed by atoms with Gasteiger partial charge in [-0.3, -0.25) is 4.79 Å². The van der Waals surface area contributed by atoms with E-state index in [0.29, 0.717) is 41.9 Å². The van der Waals surface area contributed by atoms with Gasteiger partial charge in [-0.15, -0.1) is 0 Å². The molecule has 1 heterocycles. The zero-order valence-corrected chi connectivity index (χ0v) is 17.8. The highest BCUT2D eigenvalue weighted by molar-refractivity contribution is 5.92. The maximum atomic E-state index is 12.5. The number of carbonyl (C=O) groups is 1. The summed E-state index contributed by atoms with van der Waals surface area (Å²) in [6, 6.07) is 24.4. The molecule has 4 aromatic rings. The molecule has 0 saturated carbocycles. The summed E-state index contributed by atoms with van der Waals surface area (Å²) in [6.45, 7) is 2.55. The van der Waals surface area contributed by atoms with Crippen molar-refractivity contribution in [2.45, 2.75) is 19.8 Å². The SMILES string of the molecule is CCOc1ccc(Oc2ccccc2NC(=O)CCc2ncc(-c3ccccc3)o2)cc1. The van der Waals surface area contributed by atoms with Gasteiger partial charge < -0.3 is 19.2 Å². The molecule has 0 fully saturated rings. The van der Waals surface area contributed by atoms with E-state index in [1.165, 1.54) is 0 Å². The Labute approximate surface area is 186 Å². The normalized spacial score (nSPS) is 10.5. The molecule has 32 heavy (non-hydrogen) atoms. The van der Waals surface area contributed by atoms with Crippen LogP contribution < -0.4 is 14.8 Å². The highest BCUT2D eigenvalue weighted by Crippen LogP contribution is 2.30. The standard InChI is InChI=1S/C26H24N2O4/c1-2-30-20-12-14-21(15-13-20)31-23-11-7-6-10-22(23)28-25(29)16-17-26-27-18-24(32-26)19-8-4-3-5-9-19/h3-15,18H,2,16-17H2,1H3,(H,28,29). The lowest BCUT2D eigenvalue weighted by Gasteiger charge is -2.12. The predicted octanol–water partition coefficient (Wildman–Crippen LogP) is 6.10. The Balaban J connectivity index is 1.35. The van der Waals surface area contributed by atoms with Gasteiger partial charge in [-0.1, -0.05) is 42.5 Å². The van der Waals surface area contributed by atoms with E-state index in [0.717, 1.165) is 11.3 Å². The van der Waals surface area contributed by atoms with Gasteiger partial charge in [-0.2, -0.15) is 0 Å². The van der Waals surface area contributed by atoms with Crippen molar-refractivity contribution >= 4 is 11.6 Å². The van der Waals surface area contributed by atoms with Gasteiger partial charge in [0.15, 0.2) is 17.4 Å². The van der Waals surface area contributed by atoms with Crippen molar-refractivity contribution in [1.29, 1.82) is 0 Å². The number of rotatable bonds is 9. The first-order chi connectivity index (χ1) is 15.7. The van der Waals surface area contributed by atoms with Crippen molar-refractivity contribution in [3.8, 4) is 28.6 Å². The van der Waals surface area contributed by atoms with Gasteiger partial charge in [0.2, 0.25) is 5.91 Å².